The highest BCUT2D eigenvalue weighted by molar-refractivity contribution is 6.04. The van der Waals surface area contributed by atoms with Crippen LogP contribution < -0.4 is 10.1 Å². The Balaban J connectivity index is 2.31. The molecule has 2 N–H and O–H groups in total. The van der Waals surface area contributed by atoms with Crippen molar-refractivity contribution in [3.63, 3.8) is 0 Å². The van der Waals surface area contributed by atoms with Gasteiger partial charge in [-0.05, 0) is 18.1 Å². The third-order valence-electron chi connectivity index (χ3n) is 3.10. The lowest BCUT2D eigenvalue weighted by Gasteiger charge is -2.13. The number of carboxylic acid groups (broad SMARTS) is 1. The molecule has 0 aromatic heterocycles. The zero-order valence-corrected chi connectivity index (χ0v) is 12.6. The van der Waals surface area contributed by atoms with Gasteiger partial charge in [-0.2, -0.15) is 0 Å². The molecule has 0 aliphatic heterocycles. The Labute approximate surface area is 128 Å². The molecule has 0 aliphatic carbocycles. The van der Waals surface area contributed by atoms with Crippen LogP contribution in [0.1, 0.15) is 20.3 Å². The van der Waals surface area contributed by atoms with E-state index in [0.717, 1.165) is 10.8 Å². The lowest BCUT2D eigenvalue weighted by atomic mass is 10.1. The van der Waals surface area contributed by atoms with Crippen molar-refractivity contribution in [3.05, 3.63) is 36.4 Å². The summed E-state index contributed by atoms with van der Waals surface area (Å²) in [5.74, 6) is -0.304. The van der Waals surface area contributed by atoms with E-state index in [2.05, 4.69) is 5.32 Å². The molecule has 2 aromatic carbocycles. The number of nitrogens with one attached hydrogen (secondary N) is 1. The predicted molar refractivity (Wildman–Crippen MR) is 85.2 cm³/mol. The van der Waals surface area contributed by atoms with Gasteiger partial charge in [-0.3, -0.25) is 4.79 Å². The van der Waals surface area contributed by atoms with Gasteiger partial charge in [-0.15, -0.1) is 0 Å². The number of hydrogen-bond donors (Lipinski definition) is 2. The molecule has 0 spiro atoms. The lowest BCUT2D eigenvalue weighted by Crippen LogP contribution is -2.14. The van der Waals surface area contributed by atoms with Gasteiger partial charge in [0.2, 0.25) is 5.91 Å². The van der Waals surface area contributed by atoms with Crippen molar-refractivity contribution >= 4 is 28.3 Å². The number of ether oxygens (including phenoxy) is 1. The minimum atomic E-state index is -1.03. The van der Waals surface area contributed by atoms with Crippen molar-refractivity contribution in [2.24, 2.45) is 5.92 Å². The van der Waals surface area contributed by atoms with Crippen LogP contribution in [0.3, 0.4) is 0 Å². The van der Waals surface area contributed by atoms with Gasteiger partial charge in [0, 0.05) is 22.9 Å². The number of amides is 1. The van der Waals surface area contributed by atoms with E-state index >= 15 is 0 Å². The van der Waals surface area contributed by atoms with E-state index in [1.807, 2.05) is 38.1 Å². The fraction of sp³-hybridized carbons (Fsp3) is 0.294. The number of rotatable bonds is 6. The van der Waals surface area contributed by atoms with Crippen molar-refractivity contribution in [2.75, 3.05) is 11.9 Å². The molecule has 0 unspecified atom stereocenters. The highest BCUT2D eigenvalue weighted by Gasteiger charge is 2.11. The first kappa shape index (κ1) is 15.8. The van der Waals surface area contributed by atoms with Gasteiger partial charge >= 0.3 is 5.97 Å². The number of carbonyl (C=O) groups is 2. The van der Waals surface area contributed by atoms with Gasteiger partial charge in [0.25, 0.3) is 0 Å². The van der Waals surface area contributed by atoms with Gasteiger partial charge in [-0.25, -0.2) is 4.79 Å². The summed E-state index contributed by atoms with van der Waals surface area (Å²) in [5.41, 5.74) is 0.698. The maximum absolute atomic E-state index is 11.9. The van der Waals surface area contributed by atoms with E-state index in [1.165, 1.54) is 0 Å². The molecule has 0 fully saturated rings. The van der Waals surface area contributed by atoms with Crippen molar-refractivity contribution in [1.82, 2.24) is 0 Å². The van der Waals surface area contributed by atoms with Crippen LogP contribution in [0.4, 0.5) is 5.69 Å². The van der Waals surface area contributed by atoms with Crippen LogP contribution in [0.15, 0.2) is 36.4 Å². The number of fused-ring (bicyclic) bond motifs is 1. The summed E-state index contributed by atoms with van der Waals surface area (Å²) in [4.78, 5) is 22.6. The average Bonchev–Trinajstić information content (AvgIpc) is 2.45. The van der Waals surface area contributed by atoms with Gasteiger partial charge < -0.3 is 15.2 Å². The Bertz CT molecular complexity index is 694. The average molecular weight is 301 g/mol. The van der Waals surface area contributed by atoms with Crippen molar-refractivity contribution < 1.29 is 19.4 Å². The third-order valence-corrected chi connectivity index (χ3v) is 3.10. The Hall–Kier alpha value is -2.56. The highest BCUT2D eigenvalue weighted by Crippen LogP contribution is 2.31. The summed E-state index contributed by atoms with van der Waals surface area (Å²) < 4.78 is 5.29. The zero-order valence-electron chi connectivity index (χ0n) is 12.6. The van der Waals surface area contributed by atoms with Gasteiger partial charge in [-0.1, -0.05) is 38.1 Å². The Morgan fingerprint density at radius 3 is 2.45 bits per heavy atom. The number of benzene rings is 2. The van der Waals surface area contributed by atoms with Crippen LogP contribution in [-0.2, 0) is 9.59 Å². The van der Waals surface area contributed by atoms with Crippen LogP contribution in [-0.4, -0.2) is 23.6 Å². The van der Waals surface area contributed by atoms with E-state index in [0.29, 0.717) is 17.9 Å². The summed E-state index contributed by atoms with van der Waals surface area (Å²) in [6, 6.07) is 10.8. The van der Waals surface area contributed by atoms with E-state index in [1.54, 1.807) is 12.1 Å². The minimum Gasteiger partial charge on any atom is -0.481 e. The first-order chi connectivity index (χ1) is 10.5. The molecule has 0 saturated carbocycles. The number of aliphatic carboxylic acids is 1. The van der Waals surface area contributed by atoms with Gasteiger partial charge in [0.1, 0.15) is 5.75 Å². The van der Waals surface area contributed by atoms with E-state index in [4.69, 9.17) is 9.84 Å². The second-order valence-corrected chi connectivity index (χ2v) is 5.49. The van der Waals surface area contributed by atoms with Crippen LogP contribution >= 0.6 is 0 Å². The molecule has 1 amide bonds. The molecule has 0 heterocycles. The monoisotopic (exact) mass is 301 g/mol. The zero-order chi connectivity index (χ0) is 16.1. The fourth-order valence-electron chi connectivity index (χ4n) is 2.22. The van der Waals surface area contributed by atoms with Crippen molar-refractivity contribution in [2.45, 2.75) is 20.3 Å². The molecule has 5 nitrogen and oxygen atoms in total. The third kappa shape index (κ3) is 3.97. The summed E-state index contributed by atoms with van der Waals surface area (Å²) in [6.45, 7) is 3.57. The van der Waals surface area contributed by atoms with Crippen LogP contribution in [0.2, 0.25) is 0 Å². The molecule has 0 aliphatic rings. The fourth-order valence-corrected chi connectivity index (χ4v) is 2.22. The Morgan fingerprint density at radius 2 is 1.82 bits per heavy atom. The summed E-state index contributed by atoms with van der Waals surface area (Å²) in [5, 5.41) is 13.2. The molecule has 0 atom stereocenters. The SMILES string of the molecule is CC(C)CC(=O)Nc1ccc(OCC(=O)O)c2ccccc12. The number of anilines is 1. The van der Waals surface area contributed by atoms with Crippen LogP contribution in [0.5, 0.6) is 5.75 Å². The minimum absolute atomic E-state index is 0.0423. The second kappa shape index (κ2) is 6.93. The molecular weight excluding hydrogens is 282 g/mol. The number of hydrogen-bond acceptors (Lipinski definition) is 3. The van der Waals surface area contributed by atoms with Gasteiger partial charge in [0.05, 0.1) is 0 Å². The topological polar surface area (TPSA) is 75.6 Å². The van der Waals surface area contributed by atoms with Crippen molar-refractivity contribution in [1.29, 1.82) is 0 Å². The molecule has 2 aromatic rings. The van der Waals surface area contributed by atoms with E-state index in [9.17, 15) is 9.59 Å². The molecule has 0 saturated heterocycles. The largest absolute Gasteiger partial charge is 0.481 e. The maximum atomic E-state index is 11.9. The smallest absolute Gasteiger partial charge is 0.341 e. The molecule has 2 rings (SSSR count). The second-order valence-electron chi connectivity index (χ2n) is 5.49. The number of carboxylic acids is 1. The quantitative estimate of drug-likeness (QED) is 0.858. The summed E-state index contributed by atoms with van der Waals surface area (Å²) in [7, 11) is 0. The maximum Gasteiger partial charge on any atom is 0.341 e. The summed E-state index contributed by atoms with van der Waals surface area (Å²) >= 11 is 0. The Kier molecular flexibility index (Phi) is 4.99. The first-order valence-electron chi connectivity index (χ1n) is 7.13. The molecule has 22 heavy (non-hydrogen) atoms. The summed E-state index contributed by atoms with van der Waals surface area (Å²) in [6.07, 6.45) is 0.450. The van der Waals surface area contributed by atoms with Gasteiger partial charge in [0.15, 0.2) is 6.61 Å². The van der Waals surface area contributed by atoms with E-state index in [-0.39, 0.29) is 11.8 Å². The first-order valence-corrected chi connectivity index (χ1v) is 7.13. The standard InChI is InChI=1S/C17H19NO4/c1-11(2)9-16(19)18-14-7-8-15(22-10-17(20)21)13-6-4-3-5-12(13)14/h3-8,11H,9-10H2,1-2H3,(H,18,19)(H,20,21). The highest BCUT2D eigenvalue weighted by atomic mass is 16.5. The molecule has 116 valence electrons. The molecular formula is C17H19NO4. The van der Waals surface area contributed by atoms with E-state index < -0.39 is 12.6 Å². The molecule has 0 bridgehead atoms. The van der Waals surface area contributed by atoms with Crippen LogP contribution in [0, 0.1) is 5.92 Å². The van der Waals surface area contributed by atoms with Crippen molar-refractivity contribution in [3.8, 4) is 5.75 Å². The molecule has 0 radical (unpaired) electrons. The molecule has 5 heteroatoms. The normalized spacial score (nSPS) is 10.7. The van der Waals surface area contributed by atoms with Crippen LogP contribution in [0.25, 0.3) is 10.8 Å². The Morgan fingerprint density at radius 1 is 1.14 bits per heavy atom. The number of carbonyl (C=O) groups excluding carboxylic acids is 1. The lowest BCUT2D eigenvalue weighted by molar-refractivity contribution is -0.139. The predicted octanol–water partition coefficient (Wildman–Crippen LogP) is 3.29.